The van der Waals surface area contributed by atoms with Crippen LogP contribution in [-0.4, -0.2) is 36.4 Å². The zero-order valence-corrected chi connectivity index (χ0v) is 15.6. The second kappa shape index (κ2) is 8.73. The van der Waals surface area contributed by atoms with Gasteiger partial charge >= 0.3 is 0 Å². The van der Waals surface area contributed by atoms with E-state index in [-0.39, 0.29) is 12.5 Å². The van der Waals surface area contributed by atoms with Crippen molar-refractivity contribution in [3.05, 3.63) is 47.1 Å². The fourth-order valence-electron chi connectivity index (χ4n) is 3.05. The van der Waals surface area contributed by atoms with Crippen molar-refractivity contribution in [1.82, 2.24) is 4.98 Å². The van der Waals surface area contributed by atoms with Gasteiger partial charge < -0.3 is 21.3 Å². The van der Waals surface area contributed by atoms with Crippen LogP contribution in [0, 0.1) is 0 Å². The number of carbonyl (C=O) groups excluding carboxylic acids is 2. The van der Waals surface area contributed by atoms with Gasteiger partial charge in [-0.15, -0.1) is 0 Å². The second-order valence-corrected chi connectivity index (χ2v) is 6.84. The van der Waals surface area contributed by atoms with Crippen molar-refractivity contribution < 1.29 is 9.59 Å². The first-order valence-electron chi connectivity index (χ1n) is 8.87. The number of pyridine rings is 1. The van der Waals surface area contributed by atoms with E-state index in [9.17, 15) is 9.59 Å². The van der Waals surface area contributed by atoms with E-state index in [1.807, 2.05) is 6.07 Å². The van der Waals surface area contributed by atoms with Crippen LogP contribution in [0.5, 0.6) is 0 Å². The Labute approximate surface area is 162 Å². The Hall–Kier alpha value is -2.80. The van der Waals surface area contributed by atoms with Gasteiger partial charge in [-0.25, -0.2) is 4.98 Å². The van der Waals surface area contributed by atoms with E-state index in [4.69, 9.17) is 17.3 Å². The van der Waals surface area contributed by atoms with Crippen molar-refractivity contribution in [2.75, 3.05) is 35.2 Å². The largest absolute Gasteiger partial charge is 0.375 e. The molecule has 142 valence electrons. The van der Waals surface area contributed by atoms with Gasteiger partial charge in [0.25, 0.3) is 5.91 Å². The average molecular weight is 388 g/mol. The molecule has 0 aliphatic carbocycles. The fourth-order valence-corrected chi connectivity index (χ4v) is 3.16. The predicted molar refractivity (Wildman–Crippen MR) is 107 cm³/mol. The number of hydrogen-bond donors (Lipinski definition) is 3. The molecule has 0 radical (unpaired) electrons. The summed E-state index contributed by atoms with van der Waals surface area (Å²) in [6.45, 7) is 1.93. The molecule has 2 amide bonds. The molecule has 1 aromatic carbocycles. The molecule has 0 saturated carbocycles. The monoisotopic (exact) mass is 387 g/mol. The number of nitrogens with two attached hydrogens (primary N) is 1. The van der Waals surface area contributed by atoms with Crippen LogP contribution in [0.3, 0.4) is 0 Å². The lowest BCUT2D eigenvalue weighted by Gasteiger charge is -2.29. The summed E-state index contributed by atoms with van der Waals surface area (Å²) in [7, 11) is 0. The number of nitrogens with one attached hydrogen (secondary N) is 2. The maximum Gasteiger partial charge on any atom is 0.250 e. The summed E-state index contributed by atoms with van der Waals surface area (Å²) in [6.07, 6.45) is 4.97. The highest BCUT2D eigenvalue weighted by Gasteiger charge is 2.15. The summed E-state index contributed by atoms with van der Waals surface area (Å²) in [4.78, 5) is 30.2. The zero-order valence-electron chi connectivity index (χ0n) is 14.9. The standard InChI is InChI=1S/C19H22ClN5O2/c20-13-4-7-17(23-11-13)24-18(26)12-22-16-6-5-14(10-15(16)19(21)27)25-8-2-1-3-9-25/h4-7,10-11,22H,1-3,8-9,12H2,(H2,21,27)(H,23,24,26). The number of aromatic nitrogens is 1. The van der Waals surface area contributed by atoms with Gasteiger partial charge in [-0.1, -0.05) is 11.6 Å². The molecule has 0 unspecified atom stereocenters. The highest BCUT2D eigenvalue weighted by atomic mass is 35.5. The van der Waals surface area contributed by atoms with Crippen molar-refractivity contribution in [3.8, 4) is 0 Å². The third-order valence-corrected chi connectivity index (χ3v) is 4.65. The number of benzene rings is 1. The van der Waals surface area contributed by atoms with Crippen LogP contribution in [0.25, 0.3) is 0 Å². The van der Waals surface area contributed by atoms with Gasteiger partial charge in [-0.3, -0.25) is 9.59 Å². The number of hydrogen-bond acceptors (Lipinski definition) is 5. The summed E-state index contributed by atoms with van der Waals surface area (Å²) in [5, 5.41) is 6.12. The third kappa shape index (κ3) is 5.10. The zero-order chi connectivity index (χ0) is 19.2. The Morgan fingerprint density at radius 2 is 1.93 bits per heavy atom. The molecule has 3 rings (SSSR count). The Balaban J connectivity index is 1.65. The van der Waals surface area contributed by atoms with Gasteiger partial charge in [-0.05, 0) is 49.6 Å². The van der Waals surface area contributed by atoms with Gasteiger partial charge in [0.1, 0.15) is 5.82 Å². The SMILES string of the molecule is NC(=O)c1cc(N2CCCCC2)ccc1NCC(=O)Nc1ccc(Cl)cn1. The van der Waals surface area contributed by atoms with Crippen molar-refractivity contribution >= 4 is 40.6 Å². The van der Waals surface area contributed by atoms with E-state index in [1.165, 1.54) is 12.6 Å². The molecule has 27 heavy (non-hydrogen) atoms. The van der Waals surface area contributed by atoms with Gasteiger partial charge in [-0.2, -0.15) is 0 Å². The number of amides is 2. The predicted octanol–water partition coefficient (Wildman–Crippen LogP) is 2.87. The lowest BCUT2D eigenvalue weighted by molar-refractivity contribution is -0.114. The van der Waals surface area contributed by atoms with E-state index < -0.39 is 5.91 Å². The molecule has 7 nitrogen and oxygen atoms in total. The van der Waals surface area contributed by atoms with Crippen molar-refractivity contribution in [2.24, 2.45) is 5.73 Å². The molecule has 1 saturated heterocycles. The molecule has 1 fully saturated rings. The van der Waals surface area contributed by atoms with Crippen LogP contribution in [0.4, 0.5) is 17.2 Å². The Morgan fingerprint density at radius 1 is 1.15 bits per heavy atom. The van der Waals surface area contributed by atoms with Crippen LogP contribution < -0.4 is 21.3 Å². The van der Waals surface area contributed by atoms with Crippen molar-refractivity contribution in [1.29, 1.82) is 0 Å². The highest BCUT2D eigenvalue weighted by Crippen LogP contribution is 2.25. The highest BCUT2D eigenvalue weighted by molar-refractivity contribution is 6.30. The average Bonchev–Trinajstić information content (AvgIpc) is 2.68. The maximum absolute atomic E-state index is 12.1. The molecule has 2 aromatic rings. The van der Waals surface area contributed by atoms with Crippen molar-refractivity contribution in [2.45, 2.75) is 19.3 Å². The number of carbonyl (C=O) groups is 2. The van der Waals surface area contributed by atoms with Crippen LogP contribution in [0.15, 0.2) is 36.5 Å². The molecule has 2 heterocycles. The fraction of sp³-hybridized carbons (Fsp3) is 0.316. The van der Waals surface area contributed by atoms with E-state index >= 15 is 0 Å². The molecule has 1 aromatic heterocycles. The quantitative estimate of drug-likeness (QED) is 0.707. The smallest absolute Gasteiger partial charge is 0.250 e. The molecule has 0 bridgehead atoms. The Bertz CT molecular complexity index is 819. The maximum atomic E-state index is 12.1. The molecule has 0 spiro atoms. The lowest BCUT2D eigenvalue weighted by atomic mass is 10.1. The second-order valence-electron chi connectivity index (χ2n) is 6.41. The molecule has 8 heteroatoms. The molecule has 0 atom stereocenters. The number of halogens is 1. The van der Waals surface area contributed by atoms with Gasteiger partial charge in [0, 0.05) is 30.7 Å². The summed E-state index contributed by atoms with van der Waals surface area (Å²) < 4.78 is 0. The van der Waals surface area contributed by atoms with Gasteiger partial charge in [0.15, 0.2) is 0 Å². The third-order valence-electron chi connectivity index (χ3n) is 4.42. The molecule has 1 aliphatic heterocycles. The first-order valence-corrected chi connectivity index (χ1v) is 9.25. The minimum atomic E-state index is -0.531. The summed E-state index contributed by atoms with van der Waals surface area (Å²) in [5.74, 6) is -0.418. The van der Waals surface area contributed by atoms with Crippen LogP contribution >= 0.6 is 11.6 Å². The Morgan fingerprint density at radius 3 is 2.59 bits per heavy atom. The van der Waals surface area contributed by atoms with Gasteiger partial charge in [0.05, 0.1) is 17.1 Å². The molecule has 1 aliphatic rings. The van der Waals surface area contributed by atoms with Crippen molar-refractivity contribution in [3.63, 3.8) is 0 Å². The van der Waals surface area contributed by atoms with E-state index in [1.54, 1.807) is 24.3 Å². The first kappa shape index (κ1) is 19.0. The Kier molecular flexibility index (Phi) is 6.13. The topological polar surface area (TPSA) is 100 Å². The number of rotatable bonds is 6. The van der Waals surface area contributed by atoms with E-state index in [0.29, 0.717) is 22.1 Å². The minimum Gasteiger partial charge on any atom is -0.375 e. The molecular weight excluding hydrogens is 366 g/mol. The molecule has 4 N–H and O–H groups in total. The normalized spacial score (nSPS) is 13.9. The lowest BCUT2D eigenvalue weighted by Crippen LogP contribution is -2.30. The van der Waals surface area contributed by atoms with Crippen LogP contribution in [-0.2, 0) is 4.79 Å². The first-order chi connectivity index (χ1) is 13.0. The summed E-state index contributed by atoms with van der Waals surface area (Å²) >= 11 is 5.77. The van der Waals surface area contributed by atoms with Crippen LogP contribution in [0.2, 0.25) is 5.02 Å². The van der Waals surface area contributed by atoms with Crippen LogP contribution in [0.1, 0.15) is 29.6 Å². The molecular formula is C19H22ClN5O2. The van der Waals surface area contributed by atoms with E-state index in [2.05, 4.69) is 20.5 Å². The summed E-state index contributed by atoms with van der Waals surface area (Å²) in [6, 6.07) is 8.77. The van der Waals surface area contributed by atoms with E-state index in [0.717, 1.165) is 31.6 Å². The number of nitrogens with zero attached hydrogens (tertiary/aromatic N) is 2. The number of primary amides is 1. The van der Waals surface area contributed by atoms with Gasteiger partial charge in [0.2, 0.25) is 5.91 Å². The minimum absolute atomic E-state index is 0.0202. The number of anilines is 3. The summed E-state index contributed by atoms with van der Waals surface area (Å²) in [5.41, 5.74) is 7.41. The number of piperidine rings is 1.